The smallest absolute Gasteiger partial charge is 0.326 e. The second-order valence-corrected chi connectivity index (χ2v) is 7.96. The molecule has 184 valence electrons. The van der Waals surface area contributed by atoms with Crippen LogP contribution < -0.4 is 27.4 Å². The summed E-state index contributed by atoms with van der Waals surface area (Å²) in [5.74, 6) is -4.96. The van der Waals surface area contributed by atoms with Crippen LogP contribution in [0.5, 0.6) is 0 Å². The summed E-state index contributed by atoms with van der Waals surface area (Å²) in [5, 5.41) is 34.0. The van der Waals surface area contributed by atoms with Crippen molar-refractivity contribution in [3.05, 3.63) is 0 Å². The van der Waals surface area contributed by atoms with E-state index in [1.54, 1.807) is 6.26 Å². The Morgan fingerprint density at radius 1 is 0.875 bits per heavy atom. The third-order valence-corrected chi connectivity index (χ3v) is 5.00. The van der Waals surface area contributed by atoms with E-state index in [1.807, 2.05) is 5.32 Å². The number of hydrogen-bond donors (Lipinski definition) is 8. The second-order valence-electron chi connectivity index (χ2n) is 6.97. The summed E-state index contributed by atoms with van der Waals surface area (Å²) >= 11 is 1.42. The van der Waals surface area contributed by atoms with Gasteiger partial charge in [-0.1, -0.05) is 6.42 Å². The van der Waals surface area contributed by atoms with Crippen LogP contribution in [-0.2, 0) is 24.0 Å². The molecule has 3 amide bonds. The molecule has 32 heavy (non-hydrogen) atoms. The van der Waals surface area contributed by atoms with Crippen LogP contribution in [0.25, 0.3) is 0 Å². The minimum atomic E-state index is -1.75. The largest absolute Gasteiger partial charge is 0.481 e. The monoisotopic (exact) mass is 479 g/mol. The van der Waals surface area contributed by atoms with Gasteiger partial charge in [-0.25, -0.2) is 4.79 Å². The third-order valence-electron chi connectivity index (χ3n) is 4.36. The zero-order valence-corrected chi connectivity index (χ0v) is 18.7. The molecule has 0 rings (SSSR count). The number of rotatable bonds is 17. The van der Waals surface area contributed by atoms with Gasteiger partial charge < -0.3 is 42.7 Å². The highest BCUT2D eigenvalue weighted by Gasteiger charge is 2.30. The first-order valence-electron chi connectivity index (χ1n) is 9.98. The molecule has 14 heteroatoms. The lowest BCUT2D eigenvalue weighted by molar-refractivity contribution is -0.147. The second kappa shape index (κ2) is 16.2. The molecule has 0 aliphatic heterocycles. The summed E-state index contributed by atoms with van der Waals surface area (Å²) < 4.78 is 0. The lowest BCUT2D eigenvalue weighted by Gasteiger charge is -2.24. The van der Waals surface area contributed by atoms with Crippen LogP contribution >= 0.6 is 11.8 Å². The fourth-order valence-electron chi connectivity index (χ4n) is 2.54. The number of carbonyl (C=O) groups is 5. The van der Waals surface area contributed by atoms with E-state index in [1.165, 1.54) is 11.8 Å². The third kappa shape index (κ3) is 11.8. The first-order valence-corrected chi connectivity index (χ1v) is 11.4. The standard InChI is InChI=1S/C18H33N5O8S/c1-32-7-5-11(21-15(27)10(20)4-2-3-6-19)16(28)23-13(9-24)17(29)22-12(18(30)31)8-14(25)26/h10-13,24H,2-9,19-20H2,1H3,(H,21,27)(H,22,29)(H,23,28)(H,25,26)(H,30,31). The van der Waals surface area contributed by atoms with Crippen molar-refractivity contribution >= 4 is 41.4 Å². The number of amides is 3. The normalized spacial score (nSPS) is 14.5. The molecule has 10 N–H and O–H groups in total. The Bertz CT molecular complexity index is 651. The molecule has 13 nitrogen and oxygen atoms in total. The number of nitrogens with one attached hydrogen (secondary N) is 3. The number of aliphatic carboxylic acids is 2. The maximum absolute atomic E-state index is 12.6. The van der Waals surface area contributed by atoms with Crippen molar-refractivity contribution in [3.63, 3.8) is 0 Å². The molecule has 0 aromatic rings. The number of hydrogen-bond acceptors (Lipinski definition) is 9. The van der Waals surface area contributed by atoms with Crippen molar-refractivity contribution in [2.75, 3.05) is 25.2 Å². The summed E-state index contributed by atoms with van der Waals surface area (Å²) in [5.41, 5.74) is 11.2. The van der Waals surface area contributed by atoms with Crippen molar-refractivity contribution in [2.24, 2.45) is 11.5 Å². The van der Waals surface area contributed by atoms with Crippen LogP contribution in [0.2, 0.25) is 0 Å². The zero-order valence-electron chi connectivity index (χ0n) is 17.9. The molecule has 4 unspecified atom stereocenters. The zero-order chi connectivity index (χ0) is 24.7. The first kappa shape index (κ1) is 29.6. The van der Waals surface area contributed by atoms with Gasteiger partial charge >= 0.3 is 11.9 Å². The maximum Gasteiger partial charge on any atom is 0.326 e. The van der Waals surface area contributed by atoms with E-state index in [2.05, 4.69) is 10.6 Å². The molecule has 0 heterocycles. The van der Waals surface area contributed by atoms with Crippen molar-refractivity contribution in [1.29, 1.82) is 0 Å². The fraction of sp³-hybridized carbons (Fsp3) is 0.722. The molecule has 0 saturated carbocycles. The van der Waals surface area contributed by atoms with Gasteiger partial charge in [0.05, 0.1) is 19.1 Å². The highest BCUT2D eigenvalue weighted by atomic mass is 32.2. The number of carboxylic acid groups (broad SMARTS) is 2. The molecule has 0 fully saturated rings. The molecule has 0 radical (unpaired) electrons. The average Bonchev–Trinajstić information content (AvgIpc) is 2.73. The Morgan fingerprint density at radius 2 is 1.44 bits per heavy atom. The highest BCUT2D eigenvalue weighted by molar-refractivity contribution is 7.98. The fourth-order valence-corrected chi connectivity index (χ4v) is 3.01. The lowest BCUT2D eigenvalue weighted by Crippen LogP contribution is -2.58. The van der Waals surface area contributed by atoms with Crippen LogP contribution in [-0.4, -0.2) is 94.3 Å². The molecule has 0 aromatic carbocycles. The number of carbonyl (C=O) groups excluding carboxylic acids is 3. The molecule has 0 aliphatic rings. The van der Waals surface area contributed by atoms with Crippen LogP contribution in [0.1, 0.15) is 32.1 Å². The van der Waals surface area contributed by atoms with Crippen LogP contribution in [0.15, 0.2) is 0 Å². The number of thioether (sulfide) groups is 1. The number of aliphatic hydroxyl groups is 1. The van der Waals surface area contributed by atoms with E-state index >= 15 is 0 Å². The average molecular weight is 480 g/mol. The molecular formula is C18H33N5O8S. The summed E-state index contributed by atoms with van der Waals surface area (Å²) in [6.07, 6.45) is 2.84. The minimum Gasteiger partial charge on any atom is -0.481 e. The molecule has 0 aromatic heterocycles. The van der Waals surface area contributed by atoms with Gasteiger partial charge in [0, 0.05) is 0 Å². The summed E-state index contributed by atoms with van der Waals surface area (Å²) in [6.45, 7) is -0.411. The van der Waals surface area contributed by atoms with Gasteiger partial charge in [0.25, 0.3) is 0 Å². The molecule has 0 bridgehead atoms. The van der Waals surface area contributed by atoms with Crippen molar-refractivity contribution in [3.8, 4) is 0 Å². The van der Waals surface area contributed by atoms with E-state index in [0.717, 1.165) is 0 Å². The number of aliphatic hydroxyl groups excluding tert-OH is 1. The predicted molar refractivity (Wildman–Crippen MR) is 117 cm³/mol. The molecule has 0 aliphatic carbocycles. The van der Waals surface area contributed by atoms with Gasteiger partial charge in [0.15, 0.2) is 0 Å². The Balaban J connectivity index is 5.13. The molecule has 0 saturated heterocycles. The quantitative estimate of drug-likeness (QED) is 0.0992. The lowest BCUT2D eigenvalue weighted by atomic mass is 10.1. The summed E-state index contributed by atoms with van der Waals surface area (Å²) in [6, 6.07) is -5.20. The first-order chi connectivity index (χ1) is 15.1. The van der Waals surface area contributed by atoms with E-state index < -0.39 is 66.9 Å². The van der Waals surface area contributed by atoms with E-state index in [4.69, 9.17) is 21.7 Å². The van der Waals surface area contributed by atoms with E-state index in [9.17, 15) is 29.1 Å². The molecular weight excluding hydrogens is 446 g/mol. The van der Waals surface area contributed by atoms with Crippen molar-refractivity contribution in [1.82, 2.24) is 16.0 Å². The van der Waals surface area contributed by atoms with E-state index in [-0.39, 0.29) is 6.42 Å². The molecule has 4 atom stereocenters. The SMILES string of the molecule is CSCCC(NC(=O)C(N)CCCCN)C(=O)NC(CO)C(=O)NC(CC(=O)O)C(=O)O. The van der Waals surface area contributed by atoms with Gasteiger partial charge in [0.2, 0.25) is 17.7 Å². The van der Waals surface area contributed by atoms with Crippen molar-refractivity contribution in [2.45, 2.75) is 56.3 Å². The van der Waals surface area contributed by atoms with Gasteiger partial charge in [-0.05, 0) is 37.8 Å². The minimum absolute atomic E-state index is 0.213. The summed E-state index contributed by atoms with van der Waals surface area (Å²) in [4.78, 5) is 59.1. The Morgan fingerprint density at radius 3 is 1.94 bits per heavy atom. The van der Waals surface area contributed by atoms with Crippen LogP contribution in [0, 0.1) is 0 Å². The van der Waals surface area contributed by atoms with E-state index in [0.29, 0.717) is 31.6 Å². The van der Waals surface area contributed by atoms with Gasteiger partial charge in [-0.2, -0.15) is 11.8 Å². The van der Waals surface area contributed by atoms with Crippen LogP contribution in [0.3, 0.4) is 0 Å². The number of carboxylic acids is 2. The van der Waals surface area contributed by atoms with Gasteiger partial charge in [0.1, 0.15) is 18.1 Å². The highest BCUT2D eigenvalue weighted by Crippen LogP contribution is 2.04. The van der Waals surface area contributed by atoms with Gasteiger partial charge in [-0.15, -0.1) is 0 Å². The topological polar surface area (TPSA) is 234 Å². The van der Waals surface area contributed by atoms with Crippen molar-refractivity contribution < 1.29 is 39.3 Å². The summed E-state index contributed by atoms with van der Waals surface area (Å²) in [7, 11) is 0. The molecule has 0 spiro atoms. The maximum atomic E-state index is 12.6. The predicted octanol–water partition coefficient (Wildman–Crippen LogP) is -2.80. The number of nitrogens with two attached hydrogens (primary N) is 2. The Labute approximate surface area is 190 Å². The number of unbranched alkanes of at least 4 members (excludes halogenated alkanes) is 1. The van der Waals surface area contributed by atoms with Gasteiger partial charge in [-0.3, -0.25) is 19.2 Å². The Hall–Kier alpha value is -2.42. The Kier molecular flexibility index (Phi) is 15.0. The van der Waals surface area contributed by atoms with Crippen LogP contribution in [0.4, 0.5) is 0 Å².